The van der Waals surface area contributed by atoms with Gasteiger partial charge in [-0.1, -0.05) is 24.3 Å². The quantitative estimate of drug-likeness (QED) is 0.516. The average Bonchev–Trinajstić information content (AvgIpc) is 3.22. The molecule has 0 atom stereocenters. The average molecular weight is 390 g/mol. The summed E-state index contributed by atoms with van der Waals surface area (Å²) in [5.74, 6) is -0.284. The number of amides is 1. The summed E-state index contributed by atoms with van der Waals surface area (Å²) in [6.07, 6.45) is 3.11. The number of aromatic amines is 1. The van der Waals surface area contributed by atoms with E-state index in [1.165, 1.54) is 6.33 Å². The predicted molar refractivity (Wildman–Crippen MR) is 108 cm³/mol. The second-order valence-corrected chi connectivity index (χ2v) is 6.52. The molecular formula is C20H18N6O3. The first-order valence-electron chi connectivity index (χ1n) is 9.03. The fourth-order valence-electron chi connectivity index (χ4n) is 3.03. The summed E-state index contributed by atoms with van der Waals surface area (Å²) in [5.41, 5.74) is 1.20. The molecule has 2 heterocycles. The van der Waals surface area contributed by atoms with E-state index in [9.17, 15) is 14.4 Å². The molecule has 0 unspecified atom stereocenters. The third-order valence-electron chi connectivity index (χ3n) is 4.50. The minimum Gasteiger partial charge on any atom is -0.326 e. The second kappa shape index (κ2) is 7.93. The van der Waals surface area contributed by atoms with Crippen molar-refractivity contribution in [3.05, 3.63) is 87.6 Å². The monoisotopic (exact) mass is 390 g/mol. The number of anilines is 1. The van der Waals surface area contributed by atoms with Crippen LogP contribution in [0.5, 0.6) is 0 Å². The van der Waals surface area contributed by atoms with E-state index in [1.807, 2.05) is 12.1 Å². The smallest absolute Gasteiger partial charge is 0.326 e. The zero-order chi connectivity index (χ0) is 20.2. The number of aromatic nitrogens is 5. The topological polar surface area (TPSA) is 115 Å². The van der Waals surface area contributed by atoms with Crippen LogP contribution in [0.15, 0.2) is 70.8 Å². The Morgan fingerprint density at radius 3 is 2.62 bits per heavy atom. The molecule has 0 spiro atoms. The van der Waals surface area contributed by atoms with Gasteiger partial charge < -0.3 is 10.3 Å². The molecule has 0 fully saturated rings. The lowest BCUT2D eigenvalue weighted by Gasteiger charge is -2.08. The zero-order valence-corrected chi connectivity index (χ0v) is 15.4. The molecule has 9 nitrogen and oxygen atoms in total. The van der Waals surface area contributed by atoms with Crippen molar-refractivity contribution < 1.29 is 4.79 Å². The lowest BCUT2D eigenvalue weighted by Crippen LogP contribution is -2.36. The van der Waals surface area contributed by atoms with E-state index in [4.69, 9.17) is 0 Å². The molecule has 29 heavy (non-hydrogen) atoms. The molecule has 4 aromatic rings. The lowest BCUT2D eigenvalue weighted by atomic mass is 10.2. The van der Waals surface area contributed by atoms with Crippen molar-refractivity contribution in [1.29, 1.82) is 0 Å². The number of rotatable bonds is 6. The van der Waals surface area contributed by atoms with Crippen molar-refractivity contribution in [3.63, 3.8) is 0 Å². The van der Waals surface area contributed by atoms with Crippen molar-refractivity contribution in [1.82, 2.24) is 24.3 Å². The predicted octanol–water partition coefficient (Wildman–Crippen LogP) is 1.36. The number of benzene rings is 2. The van der Waals surface area contributed by atoms with Crippen LogP contribution in [-0.4, -0.2) is 30.2 Å². The van der Waals surface area contributed by atoms with E-state index in [2.05, 4.69) is 20.4 Å². The number of nitrogens with zero attached hydrogens (tertiary/aromatic N) is 4. The molecule has 2 aromatic heterocycles. The first kappa shape index (κ1) is 18.4. The number of para-hydroxylation sites is 1. The Kier molecular flexibility index (Phi) is 5.02. The summed E-state index contributed by atoms with van der Waals surface area (Å²) in [6, 6.07) is 14.1. The Balaban J connectivity index is 1.40. The molecule has 0 aliphatic heterocycles. The normalized spacial score (nSPS) is 10.9. The molecule has 0 bridgehead atoms. The van der Waals surface area contributed by atoms with Crippen LogP contribution in [-0.2, 0) is 17.9 Å². The molecule has 2 N–H and O–H groups in total. The SMILES string of the molecule is O=C(CCn1c(=O)[nH]c2ccccc2c1=O)Nc1ccc(Cn2cncn2)cc1. The van der Waals surface area contributed by atoms with Crippen molar-refractivity contribution in [2.45, 2.75) is 19.5 Å². The van der Waals surface area contributed by atoms with E-state index < -0.39 is 11.2 Å². The van der Waals surface area contributed by atoms with Crippen LogP contribution in [0.25, 0.3) is 10.9 Å². The van der Waals surface area contributed by atoms with Crippen LogP contribution in [0.3, 0.4) is 0 Å². The maximum atomic E-state index is 12.5. The maximum absolute atomic E-state index is 12.5. The highest BCUT2D eigenvalue weighted by molar-refractivity contribution is 5.90. The molecule has 146 valence electrons. The zero-order valence-electron chi connectivity index (χ0n) is 15.4. The Morgan fingerprint density at radius 2 is 1.86 bits per heavy atom. The summed E-state index contributed by atoms with van der Waals surface area (Å²) in [7, 11) is 0. The van der Waals surface area contributed by atoms with E-state index in [-0.39, 0.29) is 18.9 Å². The third kappa shape index (κ3) is 4.13. The third-order valence-corrected chi connectivity index (χ3v) is 4.50. The van der Waals surface area contributed by atoms with Gasteiger partial charge in [0, 0.05) is 18.7 Å². The van der Waals surface area contributed by atoms with E-state index >= 15 is 0 Å². The minimum absolute atomic E-state index is 0.00202. The van der Waals surface area contributed by atoms with Crippen LogP contribution in [0.4, 0.5) is 5.69 Å². The maximum Gasteiger partial charge on any atom is 0.328 e. The van der Waals surface area contributed by atoms with Gasteiger partial charge >= 0.3 is 5.69 Å². The standard InChI is InChI=1S/C20H18N6O3/c27-18(23-15-7-5-14(6-8-15)11-25-13-21-12-22-25)9-10-26-19(28)16-3-1-2-4-17(16)24-20(26)29/h1-8,12-13H,9-11H2,(H,23,27)(H,24,29). The summed E-state index contributed by atoms with van der Waals surface area (Å²) in [6.45, 7) is 0.580. The van der Waals surface area contributed by atoms with E-state index in [1.54, 1.807) is 47.4 Å². The van der Waals surface area contributed by atoms with Crippen LogP contribution in [0, 0.1) is 0 Å². The van der Waals surface area contributed by atoms with Gasteiger partial charge in [-0.3, -0.25) is 14.2 Å². The van der Waals surface area contributed by atoms with Crippen molar-refractivity contribution >= 4 is 22.5 Å². The van der Waals surface area contributed by atoms with Crippen molar-refractivity contribution in [2.75, 3.05) is 5.32 Å². The Morgan fingerprint density at radius 1 is 1.07 bits per heavy atom. The number of hydrogen-bond acceptors (Lipinski definition) is 5. The van der Waals surface area contributed by atoms with Crippen molar-refractivity contribution in [2.24, 2.45) is 0 Å². The van der Waals surface area contributed by atoms with Crippen LogP contribution in [0.1, 0.15) is 12.0 Å². The van der Waals surface area contributed by atoms with Gasteiger partial charge in [0.25, 0.3) is 5.56 Å². The number of nitrogens with one attached hydrogen (secondary N) is 2. The Labute approximate surface area is 164 Å². The van der Waals surface area contributed by atoms with Gasteiger partial charge in [-0.05, 0) is 29.8 Å². The summed E-state index contributed by atoms with van der Waals surface area (Å²) >= 11 is 0. The van der Waals surface area contributed by atoms with Crippen LogP contribution in [0.2, 0.25) is 0 Å². The van der Waals surface area contributed by atoms with Gasteiger partial charge in [-0.15, -0.1) is 0 Å². The van der Waals surface area contributed by atoms with Gasteiger partial charge in [-0.25, -0.2) is 14.5 Å². The molecule has 0 saturated carbocycles. The Bertz CT molecular complexity index is 1260. The van der Waals surface area contributed by atoms with Gasteiger partial charge in [0.05, 0.1) is 17.4 Å². The van der Waals surface area contributed by atoms with Gasteiger partial charge in [-0.2, -0.15) is 5.10 Å². The molecule has 0 aliphatic carbocycles. The highest BCUT2D eigenvalue weighted by atomic mass is 16.2. The highest BCUT2D eigenvalue weighted by Gasteiger charge is 2.09. The molecule has 0 aliphatic rings. The van der Waals surface area contributed by atoms with Crippen LogP contribution >= 0.6 is 0 Å². The molecule has 1 amide bonds. The van der Waals surface area contributed by atoms with Crippen LogP contribution < -0.4 is 16.6 Å². The van der Waals surface area contributed by atoms with E-state index in [0.29, 0.717) is 23.1 Å². The number of carbonyl (C=O) groups excluding carboxylic acids is 1. The number of carbonyl (C=O) groups is 1. The first-order valence-corrected chi connectivity index (χ1v) is 9.03. The number of H-pyrrole nitrogens is 1. The fraction of sp³-hybridized carbons (Fsp3) is 0.150. The largest absolute Gasteiger partial charge is 0.328 e. The molecule has 2 aromatic carbocycles. The minimum atomic E-state index is -0.529. The van der Waals surface area contributed by atoms with Gasteiger partial charge in [0.2, 0.25) is 5.91 Å². The summed E-state index contributed by atoms with van der Waals surface area (Å²) < 4.78 is 2.75. The summed E-state index contributed by atoms with van der Waals surface area (Å²) in [4.78, 5) is 43.5. The molecule has 0 saturated heterocycles. The molecular weight excluding hydrogens is 372 g/mol. The summed E-state index contributed by atoms with van der Waals surface area (Å²) in [5, 5.41) is 7.23. The molecule has 4 rings (SSSR count). The first-order chi connectivity index (χ1) is 14.1. The van der Waals surface area contributed by atoms with Crippen molar-refractivity contribution in [3.8, 4) is 0 Å². The van der Waals surface area contributed by atoms with Gasteiger partial charge in [0.1, 0.15) is 12.7 Å². The second-order valence-electron chi connectivity index (χ2n) is 6.52. The van der Waals surface area contributed by atoms with E-state index in [0.717, 1.165) is 10.1 Å². The molecule has 9 heteroatoms. The number of fused-ring (bicyclic) bond motifs is 1. The lowest BCUT2D eigenvalue weighted by molar-refractivity contribution is -0.116. The Hall–Kier alpha value is -4.01. The highest BCUT2D eigenvalue weighted by Crippen LogP contribution is 2.11. The molecule has 0 radical (unpaired) electrons. The fourth-order valence-corrected chi connectivity index (χ4v) is 3.03. The van der Waals surface area contributed by atoms with Gasteiger partial charge in [0.15, 0.2) is 0 Å². The number of hydrogen-bond donors (Lipinski definition) is 2.